The molecule has 5 nitrogen and oxygen atoms in total. The zero-order chi connectivity index (χ0) is 17.1. The van der Waals surface area contributed by atoms with Crippen LogP contribution in [0.1, 0.15) is 30.2 Å². The van der Waals surface area contributed by atoms with Crippen LogP contribution in [-0.4, -0.2) is 33.2 Å². The summed E-state index contributed by atoms with van der Waals surface area (Å²) in [6.07, 6.45) is 5.51. The summed E-state index contributed by atoms with van der Waals surface area (Å²) >= 11 is 6.07. The molecule has 3 heterocycles. The van der Waals surface area contributed by atoms with Gasteiger partial charge in [0.15, 0.2) is 0 Å². The maximum absolute atomic E-state index is 6.07. The lowest BCUT2D eigenvalue weighted by atomic mass is 9.96. The van der Waals surface area contributed by atoms with Crippen LogP contribution in [0.5, 0.6) is 0 Å². The lowest BCUT2D eigenvalue weighted by Gasteiger charge is -2.30. The van der Waals surface area contributed by atoms with Crippen molar-refractivity contribution in [2.75, 3.05) is 13.1 Å². The summed E-state index contributed by atoms with van der Waals surface area (Å²) in [7, 11) is 0. The van der Waals surface area contributed by atoms with Crippen molar-refractivity contribution < 1.29 is 4.42 Å². The predicted octanol–water partition coefficient (Wildman–Crippen LogP) is 4.16. The molecule has 1 aromatic carbocycles. The summed E-state index contributed by atoms with van der Waals surface area (Å²) < 4.78 is 5.89. The number of hydrogen-bond donors (Lipinski definition) is 0. The van der Waals surface area contributed by atoms with Gasteiger partial charge in [-0.15, -0.1) is 10.2 Å². The van der Waals surface area contributed by atoms with E-state index < -0.39 is 0 Å². The second-order valence-corrected chi connectivity index (χ2v) is 6.80. The van der Waals surface area contributed by atoms with Crippen molar-refractivity contribution in [1.82, 2.24) is 20.1 Å². The van der Waals surface area contributed by atoms with Crippen molar-refractivity contribution in [3.05, 3.63) is 65.3 Å². The molecule has 0 N–H and O–H groups in total. The van der Waals surface area contributed by atoms with Gasteiger partial charge in [0, 0.05) is 35.4 Å². The minimum atomic E-state index is 0.332. The first-order chi connectivity index (χ1) is 12.3. The molecular weight excluding hydrogens is 336 g/mol. The number of likely N-dealkylation sites (tertiary alicyclic amines) is 1. The fraction of sp³-hybridized carbons (Fsp3) is 0.316. The van der Waals surface area contributed by atoms with Gasteiger partial charge in [-0.2, -0.15) is 0 Å². The predicted molar refractivity (Wildman–Crippen MR) is 96.2 cm³/mol. The van der Waals surface area contributed by atoms with E-state index in [1.54, 1.807) is 12.4 Å². The fourth-order valence-corrected chi connectivity index (χ4v) is 3.46. The van der Waals surface area contributed by atoms with Gasteiger partial charge in [0.25, 0.3) is 0 Å². The van der Waals surface area contributed by atoms with Crippen molar-refractivity contribution in [3.8, 4) is 11.5 Å². The molecule has 0 amide bonds. The molecule has 128 valence electrons. The normalized spacial score (nSPS) is 16.2. The Morgan fingerprint density at radius 1 is 1.08 bits per heavy atom. The SMILES string of the molecule is Clc1cccc(CN2CCC(c3nnc(-c4ccncc4)o3)CC2)c1. The number of benzene rings is 1. The minimum absolute atomic E-state index is 0.332. The van der Waals surface area contributed by atoms with Gasteiger partial charge in [0.1, 0.15) is 0 Å². The second-order valence-electron chi connectivity index (χ2n) is 6.36. The summed E-state index contributed by atoms with van der Waals surface area (Å²) in [5.74, 6) is 1.65. The molecule has 0 radical (unpaired) electrons. The first-order valence-corrected chi connectivity index (χ1v) is 8.86. The Morgan fingerprint density at radius 2 is 1.88 bits per heavy atom. The van der Waals surface area contributed by atoms with Crippen LogP contribution in [0, 0.1) is 0 Å². The largest absolute Gasteiger partial charge is 0.420 e. The maximum Gasteiger partial charge on any atom is 0.247 e. The van der Waals surface area contributed by atoms with Crippen LogP contribution in [0.4, 0.5) is 0 Å². The molecule has 1 saturated heterocycles. The van der Waals surface area contributed by atoms with Gasteiger partial charge in [-0.3, -0.25) is 9.88 Å². The third-order valence-corrected chi connectivity index (χ3v) is 4.84. The molecule has 0 aliphatic carbocycles. The van der Waals surface area contributed by atoms with E-state index in [0.717, 1.165) is 49.0 Å². The molecule has 1 aliphatic heterocycles. The summed E-state index contributed by atoms with van der Waals surface area (Å²) in [5.41, 5.74) is 2.16. The molecule has 6 heteroatoms. The minimum Gasteiger partial charge on any atom is -0.420 e. The Balaban J connectivity index is 1.37. The highest BCUT2D eigenvalue weighted by Crippen LogP contribution is 2.29. The molecule has 2 aromatic heterocycles. The molecule has 25 heavy (non-hydrogen) atoms. The zero-order valence-electron chi connectivity index (χ0n) is 13.8. The maximum atomic E-state index is 6.07. The quantitative estimate of drug-likeness (QED) is 0.704. The van der Waals surface area contributed by atoms with Crippen LogP contribution >= 0.6 is 11.6 Å². The van der Waals surface area contributed by atoms with E-state index in [4.69, 9.17) is 16.0 Å². The van der Waals surface area contributed by atoms with Gasteiger partial charge in [-0.05, 0) is 55.8 Å². The Bertz CT molecular complexity index is 828. The third-order valence-electron chi connectivity index (χ3n) is 4.60. The van der Waals surface area contributed by atoms with Crippen LogP contribution in [-0.2, 0) is 6.54 Å². The van der Waals surface area contributed by atoms with Crippen molar-refractivity contribution in [3.63, 3.8) is 0 Å². The number of pyridine rings is 1. The molecule has 0 bridgehead atoms. The smallest absolute Gasteiger partial charge is 0.247 e. The van der Waals surface area contributed by atoms with E-state index in [1.165, 1.54) is 5.56 Å². The summed E-state index contributed by atoms with van der Waals surface area (Å²) in [6, 6.07) is 11.8. The monoisotopic (exact) mass is 354 g/mol. The fourth-order valence-electron chi connectivity index (χ4n) is 3.24. The van der Waals surface area contributed by atoms with Crippen LogP contribution < -0.4 is 0 Å². The van der Waals surface area contributed by atoms with E-state index >= 15 is 0 Å². The van der Waals surface area contributed by atoms with E-state index in [1.807, 2.05) is 30.3 Å². The van der Waals surface area contributed by atoms with Crippen LogP contribution in [0.15, 0.2) is 53.2 Å². The van der Waals surface area contributed by atoms with Crippen LogP contribution in [0.25, 0.3) is 11.5 Å². The Hall–Kier alpha value is -2.24. The summed E-state index contributed by atoms with van der Waals surface area (Å²) in [6.45, 7) is 2.97. The van der Waals surface area contributed by atoms with Crippen LogP contribution in [0.2, 0.25) is 5.02 Å². The molecular formula is C19H19ClN4O. The van der Waals surface area contributed by atoms with Crippen molar-refractivity contribution in [2.24, 2.45) is 0 Å². The van der Waals surface area contributed by atoms with Gasteiger partial charge in [-0.1, -0.05) is 23.7 Å². The lowest BCUT2D eigenvalue weighted by Crippen LogP contribution is -2.32. The van der Waals surface area contributed by atoms with Crippen molar-refractivity contribution >= 4 is 11.6 Å². The highest BCUT2D eigenvalue weighted by Gasteiger charge is 2.25. The number of aromatic nitrogens is 3. The molecule has 3 aromatic rings. The van der Waals surface area contributed by atoms with E-state index in [9.17, 15) is 0 Å². The first-order valence-electron chi connectivity index (χ1n) is 8.48. The number of piperidine rings is 1. The Morgan fingerprint density at radius 3 is 2.64 bits per heavy atom. The highest BCUT2D eigenvalue weighted by atomic mass is 35.5. The van der Waals surface area contributed by atoms with Gasteiger partial charge in [-0.25, -0.2) is 0 Å². The molecule has 1 fully saturated rings. The van der Waals surface area contributed by atoms with Gasteiger partial charge in [0.05, 0.1) is 0 Å². The van der Waals surface area contributed by atoms with E-state index in [0.29, 0.717) is 11.8 Å². The van der Waals surface area contributed by atoms with Gasteiger partial charge >= 0.3 is 0 Å². The summed E-state index contributed by atoms with van der Waals surface area (Å²) in [5, 5.41) is 9.24. The molecule has 0 unspecified atom stereocenters. The Labute approximate surface area is 151 Å². The average molecular weight is 355 g/mol. The lowest BCUT2D eigenvalue weighted by molar-refractivity contribution is 0.193. The molecule has 0 atom stereocenters. The highest BCUT2D eigenvalue weighted by molar-refractivity contribution is 6.30. The Kier molecular flexibility index (Phi) is 4.76. The number of nitrogens with zero attached hydrogens (tertiary/aromatic N) is 4. The zero-order valence-corrected chi connectivity index (χ0v) is 14.6. The van der Waals surface area contributed by atoms with Gasteiger partial charge in [0.2, 0.25) is 11.8 Å². The average Bonchev–Trinajstić information content (AvgIpc) is 3.13. The summed E-state index contributed by atoms with van der Waals surface area (Å²) in [4.78, 5) is 6.46. The van der Waals surface area contributed by atoms with Crippen molar-refractivity contribution in [2.45, 2.75) is 25.3 Å². The van der Waals surface area contributed by atoms with Gasteiger partial charge < -0.3 is 4.42 Å². The second kappa shape index (κ2) is 7.33. The standard InChI is InChI=1S/C19H19ClN4O/c20-17-3-1-2-14(12-17)13-24-10-6-16(7-11-24)19-23-22-18(25-19)15-4-8-21-9-5-15/h1-5,8-9,12,16H,6-7,10-11,13H2. The van der Waals surface area contributed by atoms with Crippen molar-refractivity contribution in [1.29, 1.82) is 0 Å². The number of rotatable bonds is 4. The molecule has 4 rings (SSSR count). The number of hydrogen-bond acceptors (Lipinski definition) is 5. The first kappa shape index (κ1) is 16.2. The van der Waals surface area contributed by atoms with E-state index in [2.05, 4.69) is 26.1 Å². The molecule has 0 saturated carbocycles. The number of halogens is 1. The topological polar surface area (TPSA) is 55.1 Å². The van der Waals surface area contributed by atoms with E-state index in [-0.39, 0.29) is 0 Å². The molecule has 1 aliphatic rings. The third kappa shape index (κ3) is 3.89. The molecule has 0 spiro atoms. The van der Waals surface area contributed by atoms with Crippen LogP contribution in [0.3, 0.4) is 0 Å².